The number of hydrogen-bond acceptors (Lipinski definition) is 3. The molecule has 0 fully saturated rings. The smallest absolute Gasteiger partial charge is 0.405 e. The Morgan fingerprint density at radius 2 is 2.12 bits per heavy atom. The van der Waals surface area contributed by atoms with E-state index in [1.165, 1.54) is 12.1 Å². The van der Waals surface area contributed by atoms with Crippen LogP contribution in [0.1, 0.15) is 16.6 Å². The fourth-order valence-corrected chi connectivity index (χ4v) is 2.08. The first-order valence-electron chi connectivity index (χ1n) is 4.48. The summed E-state index contributed by atoms with van der Waals surface area (Å²) in [6.07, 6.45) is -4.29. The number of alkyl halides is 3. The maximum Gasteiger partial charge on any atom is 0.405 e. The Balaban J connectivity index is 2.83. The Morgan fingerprint density at radius 1 is 1.50 bits per heavy atom. The number of carbonyl (C=O) groups is 1. The molecule has 1 rings (SSSR count). The fourth-order valence-electron chi connectivity index (χ4n) is 1.17. The van der Waals surface area contributed by atoms with E-state index >= 15 is 0 Å². The van der Waals surface area contributed by atoms with Gasteiger partial charge in [0.25, 0.3) is 0 Å². The van der Waals surface area contributed by atoms with Gasteiger partial charge in [0.1, 0.15) is 11.4 Å². The number of halogens is 3. The highest BCUT2D eigenvalue weighted by molar-refractivity contribution is 7.17. The molecule has 1 aromatic rings. The molecular weight excluding hydrogens is 243 g/mol. The Labute approximate surface area is 94.1 Å². The van der Waals surface area contributed by atoms with Crippen molar-refractivity contribution in [3.8, 4) is 0 Å². The van der Waals surface area contributed by atoms with E-state index in [-0.39, 0.29) is 11.4 Å². The number of nitrogens with zero attached hydrogens (tertiary/aromatic N) is 1. The van der Waals surface area contributed by atoms with Gasteiger partial charge in [-0.2, -0.15) is 13.2 Å². The Hall–Kier alpha value is -1.24. The first-order chi connectivity index (χ1) is 7.33. The lowest BCUT2D eigenvalue weighted by Gasteiger charge is -2.22. The van der Waals surface area contributed by atoms with Gasteiger partial charge in [-0.15, -0.1) is 11.3 Å². The highest BCUT2D eigenvalue weighted by atomic mass is 32.1. The predicted molar refractivity (Wildman–Crippen MR) is 55.2 cm³/mol. The minimum absolute atomic E-state index is 0.0376. The molecule has 0 unspecified atom stereocenters. The van der Waals surface area contributed by atoms with Crippen molar-refractivity contribution in [3.63, 3.8) is 0 Å². The van der Waals surface area contributed by atoms with E-state index in [0.717, 1.165) is 16.2 Å². The number of carboxylic acid groups (broad SMARTS) is 1. The third-order valence-corrected chi connectivity index (χ3v) is 3.00. The van der Waals surface area contributed by atoms with Gasteiger partial charge in [-0.3, -0.25) is 0 Å². The molecule has 0 aliphatic carbocycles. The van der Waals surface area contributed by atoms with Crippen molar-refractivity contribution in [3.05, 3.63) is 17.0 Å². The van der Waals surface area contributed by atoms with Crippen LogP contribution in [0.3, 0.4) is 0 Å². The van der Waals surface area contributed by atoms with Crippen molar-refractivity contribution in [2.45, 2.75) is 13.1 Å². The second-order valence-corrected chi connectivity index (χ2v) is 4.13. The van der Waals surface area contributed by atoms with Crippen LogP contribution in [-0.4, -0.2) is 30.3 Å². The average Bonchev–Trinajstić information content (AvgIpc) is 2.61. The van der Waals surface area contributed by atoms with E-state index in [2.05, 4.69) is 0 Å². The molecule has 1 aromatic heterocycles. The van der Waals surface area contributed by atoms with Gasteiger partial charge in [0.05, 0.1) is 5.00 Å². The maximum atomic E-state index is 12.2. The summed E-state index contributed by atoms with van der Waals surface area (Å²) in [4.78, 5) is 11.7. The monoisotopic (exact) mass is 253 g/mol. The standard InChI is InChI=1S/C9H10F3NO2S/c1-2-13(5-9(10,11)12)7-4-3-6(16-7)8(14)15/h3-4H,2,5H2,1H3,(H,14,15). The van der Waals surface area contributed by atoms with E-state index in [0.29, 0.717) is 5.00 Å². The highest BCUT2D eigenvalue weighted by Crippen LogP contribution is 2.28. The summed E-state index contributed by atoms with van der Waals surface area (Å²) in [5.41, 5.74) is 0. The molecule has 0 saturated heterocycles. The van der Waals surface area contributed by atoms with Gasteiger partial charge in [0, 0.05) is 6.54 Å². The topological polar surface area (TPSA) is 40.5 Å². The van der Waals surface area contributed by atoms with E-state index in [1.54, 1.807) is 6.92 Å². The second kappa shape index (κ2) is 4.73. The zero-order valence-electron chi connectivity index (χ0n) is 8.41. The number of hydrogen-bond donors (Lipinski definition) is 1. The molecule has 0 aliphatic rings. The van der Waals surface area contributed by atoms with Gasteiger partial charge < -0.3 is 10.0 Å². The Morgan fingerprint density at radius 3 is 2.50 bits per heavy atom. The summed E-state index contributed by atoms with van der Waals surface area (Å²) >= 11 is 0.841. The third-order valence-electron chi connectivity index (χ3n) is 1.87. The van der Waals surface area contributed by atoms with Gasteiger partial charge in [-0.25, -0.2) is 4.79 Å². The molecule has 0 aromatic carbocycles. The zero-order chi connectivity index (χ0) is 12.3. The van der Waals surface area contributed by atoms with Crippen LogP contribution in [0.2, 0.25) is 0 Å². The molecule has 1 N–H and O–H groups in total. The van der Waals surface area contributed by atoms with Gasteiger partial charge in [0.15, 0.2) is 0 Å². The number of anilines is 1. The Kier molecular flexibility index (Phi) is 3.79. The molecule has 0 bridgehead atoms. The molecule has 0 spiro atoms. The molecular formula is C9H10F3NO2S. The van der Waals surface area contributed by atoms with Crippen LogP contribution in [-0.2, 0) is 0 Å². The normalized spacial score (nSPS) is 11.5. The lowest BCUT2D eigenvalue weighted by molar-refractivity contribution is -0.119. The van der Waals surface area contributed by atoms with Crippen LogP contribution in [0, 0.1) is 0 Å². The summed E-state index contributed by atoms with van der Waals surface area (Å²) in [6, 6.07) is 2.70. The van der Waals surface area contributed by atoms with E-state index < -0.39 is 18.7 Å². The number of thiophene rings is 1. The third kappa shape index (κ3) is 3.41. The summed E-state index contributed by atoms with van der Waals surface area (Å²) in [5.74, 6) is -1.13. The molecule has 7 heteroatoms. The Bertz CT molecular complexity index is 375. The molecule has 0 saturated carbocycles. The van der Waals surface area contributed by atoms with Crippen molar-refractivity contribution in [1.82, 2.24) is 0 Å². The van der Waals surface area contributed by atoms with Crippen LogP contribution in [0.15, 0.2) is 12.1 Å². The number of rotatable bonds is 4. The second-order valence-electron chi connectivity index (χ2n) is 3.07. The maximum absolute atomic E-state index is 12.2. The molecule has 0 radical (unpaired) electrons. The minimum Gasteiger partial charge on any atom is -0.477 e. The first-order valence-corrected chi connectivity index (χ1v) is 5.30. The largest absolute Gasteiger partial charge is 0.477 e. The van der Waals surface area contributed by atoms with E-state index in [4.69, 9.17) is 5.11 Å². The average molecular weight is 253 g/mol. The van der Waals surface area contributed by atoms with Gasteiger partial charge in [-0.1, -0.05) is 0 Å². The van der Waals surface area contributed by atoms with Crippen LogP contribution in [0.25, 0.3) is 0 Å². The molecule has 0 atom stereocenters. The lowest BCUT2D eigenvalue weighted by Crippen LogP contribution is -2.33. The van der Waals surface area contributed by atoms with Gasteiger partial charge >= 0.3 is 12.1 Å². The van der Waals surface area contributed by atoms with Crippen molar-refractivity contribution < 1.29 is 23.1 Å². The zero-order valence-corrected chi connectivity index (χ0v) is 9.23. The van der Waals surface area contributed by atoms with Gasteiger partial charge in [-0.05, 0) is 19.1 Å². The van der Waals surface area contributed by atoms with Crippen LogP contribution >= 0.6 is 11.3 Å². The van der Waals surface area contributed by atoms with E-state index in [1.807, 2.05) is 0 Å². The highest BCUT2D eigenvalue weighted by Gasteiger charge is 2.30. The van der Waals surface area contributed by atoms with Gasteiger partial charge in [0.2, 0.25) is 0 Å². The van der Waals surface area contributed by atoms with Crippen LogP contribution in [0.5, 0.6) is 0 Å². The summed E-state index contributed by atoms with van der Waals surface area (Å²) < 4.78 is 36.6. The summed E-state index contributed by atoms with van der Waals surface area (Å²) in [7, 11) is 0. The van der Waals surface area contributed by atoms with Crippen molar-refractivity contribution >= 4 is 22.3 Å². The number of aromatic carboxylic acids is 1. The molecule has 3 nitrogen and oxygen atoms in total. The summed E-state index contributed by atoms with van der Waals surface area (Å²) in [6.45, 7) is 0.702. The van der Waals surface area contributed by atoms with Crippen molar-refractivity contribution in [1.29, 1.82) is 0 Å². The van der Waals surface area contributed by atoms with E-state index in [9.17, 15) is 18.0 Å². The van der Waals surface area contributed by atoms with Crippen molar-refractivity contribution in [2.75, 3.05) is 18.0 Å². The first kappa shape index (κ1) is 12.8. The fraction of sp³-hybridized carbons (Fsp3) is 0.444. The van der Waals surface area contributed by atoms with Crippen LogP contribution < -0.4 is 4.90 Å². The van der Waals surface area contributed by atoms with Crippen molar-refractivity contribution in [2.24, 2.45) is 0 Å². The molecule has 90 valence electrons. The molecule has 16 heavy (non-hydrogen) atoms. The molecule has 0 aliphatic heterocycles. The lowest BCUT2D eigenvalue weighted by atomic mass is 10.4. The van der Waals surface area contributed by atoms with Crippen LogP contribution in [0.4, 0.5) is 18.2 Å². The molecule has 0 amide bonds. The predicted octanol–water partition coefficient (Wildman–Crippen LogP) is 2.83. The minimum atomic E-state index is -4.29. The molecule has 1 heterocycles. The quantitative estimate of drug-likeness (QED) is 0.897. The SMILES string of the molecule is CCN(CC(F)(F)F)c1ccc(C(=O)O)s1. The summed E-state index contributed by atoms with van der Waals surface area (Å²) in [5, 5.41) is 8.97. The number of carboxylic acids is 1.